The van der Waals surface area contributed by atoms with E-state index in [0.717, 1.165) is 11.8 Å². The van der Waals surface area contributed by atoms with Crippen molar-refractivity contribution in [3.63, 3.8) is 0 Å². The molecule has 0 amide bonds. The highest BCUT2D eigenvalue weighted by Gasteiger charge is 2.15. The Morgan fingerprint density at radius 1 is 1.30 bits per heavy atom. The number of nitrogens with one attached hydrogen (secondary N) is 1. The first-order valence-corrected chi connectivity index (χ1v) is 7.27. The van der Waals surface area contributed by atoms with Crippen molar-refractivity contribution in [2.45, 2.75) is 18.4 Å². The van der Waals surface area contributed by atoms with Gasteiger partial charge >= 0.3 is 0 Å². The minimum absolute atomic E-state index is 0.0186. The van der Waals surface area contributed by atoms with Crippen LogP contribution in [0.1, 0.15) is 17.0 Å². The molecule has 7 heteroatoms. The SMILES string of the molecule is Cc1cccnc1CNS(=O)(=O)c1ccc(C#N)nc1. The van der Waals surface area contributed by atoms with Gasteiger partial charge in [0, 0.05) is 12.4 Å². The number of nitriles is 1. The molecule has 2 heterocycles. The van der Waals surface area contributed by atoms with E-state index in [-0.39, 0.29) is 17.1 Å². The van der Waals surface area contributed by atoms with Gasteiger partial charge in [0.05, 0.1) is 12.2 Å². The van der Waals surface area contributed by atoms with Gasteiger partial charge in [0.15, 0.2) is 0 Å². The molecule has 0 aliphatic heterocycles. The van der Waals surface area contributed by atoms with Gasteiger partial charge in [-0.2, -0.15) is 5.26 Å². The molecule has 0 saturated heterocycles. The monoisotopic (exact) mass is 288 g/mol. The maximum atomic E-state index is 12.1. The van der Waals surface area contributed by atoms with E-state index in [0.29, 0.717) is 5.69 Å². The molecule has 0 atom stereocenters. The quantitative estimate of drug-likeness (QED) is 0.910. The predicted molar refractivity (Wildman–Crippen MR) is 72.0 cm³/mol. The van der Waals surface area contributed by atoms with Crippen LogP contribution in [0, 0.1) is 18.3 Å². The van der Waals surface area contributed by atoms with Crippen LogP contribution in [-0.2, 0) is 16.6 Å². The molecule has 0 aliphatic rings. The molecule has 0 spiro atoms. The number of hydrogen-bond donors (Lipinski definition) is 1. The normalized spacial score (nSPS) is 11.0. The van der Waals surface area contributed by atoms with Crippen LogP contribution in [0.3, 0.4) is 0 Å². The van der Waals surface area contributed by atoms with Crippen molar-refractivity contribution in [2.75, 3.05) is 0 Å². The van der Waals surface area contributed by atoms with Gasteiger partial charge in [0.2, 0.25) is 10.0 Å². The number of aromatic nitrogens is 2. The summed E-state index contributed by atoms with van der Waals surface area (Å²) in [5.74, 6) is 0. The lowest BCUT2D eigenvalue weighted by atomic mass is 10.2. The van der Waals surface area contributed by atoms with E-state index in [4.69, 9.17) is 5.26 Å². The number of pyridine rings is 2. The van der Waals surface area contributed by atoms with Crippen LogP contribution in [0.25, 0.3) is 0 Å². The second-order valence-corrected chi connectivity index (χ2v) is 5.85. The number of sulfonamides is 1. The molecule has 20 heavy (non-hydrogen) atoms. The predicted octanol–water partition coefficient (Wildman–Crippen LogP) is 1.14. The number of aryl methyl sites for hydroxylation is 1. The molecule has 0 unspecified atom stereocenters. The second-order valence-electron chi connectivity index (χ2n) is 4.08. The van der Waals surface area contributed by atoms with Gasteiger partial charge in [-0.3, -0.25) is 4.98 Å². The van der Waals surface area contributed by atoms with E-state index in [2.05, 4.69) is 14.7 Å². The van der Waals surface area contributed by atoms with Gasteiger partial charge in [-0.25, -0.2) is 18.1 Å². The minimum Gasteiger partial charge on any atom is -0.260 e. The summed E-state index contributed by atoms with van der Waals surface area (Å²) < 4.78 is 26.6. The summed E-state index contributed by atoms with van der Waals surface area (Å²) in [6.07, 6.45) is 2.77. The smallest absolute Gasteiger partial charge is 0.242 e. The van der Waals surface area contributed by atoms with Crippen LogP contribution in [0.2, 0.25) is 0 Å². The van der Waals surface area contributed by atoms with Crippen LogP contribution in [0.4, 0.5) is 0 Å². The van der Waals surface area contributed by atoms with Crippen LogP contribution in [0.5, 0.6) is 0 Å². The fourth-order valence-electron chi connectivity index (χ4n) is 1.56. The maximum Gasteiger partial charge on any atom is 0.242 e. The van der Waals surface area contributed by atoms with Crippen LogP contribution >= 0.6 is 0 Å². The first-order chi connectivity index (χ1) is 9.53. The zero-order valence-corrected chi connectivity index (χ0v) is 11.6. The van der Waals surface area contributed by atoms with E-state index in [1.165, 1.54) is 12.1 Å². The first kappa shape index (κ1) is 14.1. The summed E-state index contributed by atoms with van der Waals surface area (Å²) in [7, 11) is -3.66. The molecule has 0 radical (unpaired) electrons. The Kier molecular flexibility index (Phi) is 4.08. The molecular formula is C13H12N4O2S. The molecule has 0 bridgehead atoms. The molecule has 102 valence electrons. The lowest BCUT2D eigenvalue weighted by Gasteiger charge is -2.07. The average molecular weight is 288 g/mol. The second kappa shape index (κ2) is 5.77. The van der Waals surface area contributed by atoms with Gasteiger partial charge in [-0.05, 0) is 30.7 Å². The molecule has 2 aromatic heterocycles. The Bertz CT molecular complexity index is 749. The molecule has 2 aromatic rings. The van der Waals surface area contributed by atoms with E-state index < -0.39 is 10.0 Å². The lowest BCUT2D eigenvalue weighted by Crippen LogP contribution is -2.24. The highest BCUT2D eigenvalue weighted by atomic mass is 32.2. The summed E-state index contributed by atoms with van der Waals surface area (Å²) in [5, 5.41) is 8.63. The van der Waals surface area contributed by atoms with E-state index in [1.807, 2.05) is 19.1 Å². The third-order valence-electron chi connectivity index (χ3n) is 2.71. The highest BCUT2D eigenvalue weighted by Crippen LogP contribution is 2.09. The number of rotatable bonds is 4. The van der Waals surface area contributed by atoms with Crippen molar-refractivity contribution in [3.8, 4) is 6.07 Å². The summed E-state index contributed by atoms with van der Waals surface area (Å²) in [6, 6.07) is 8.19. The molecule has 1 N–H and O–H groups in total. The van der Waals surface area contributed by atoms with E-state index >= 15 is 0 Å². The molecule has 6 nitrogen and oxygen atoms in total. The molecule has 0 fully saturated rings. The van der Waals surface area contributed by atoms with Gasteiger partial charge in [-0.15, -0.1) is 0 Å². The minimum atomic E-state index is -3.66. The third-order valence-corrected chi connectivity index (χ3v) is 4.10. The summed E-state index contributed by atoms with van der Waals surface area (Å²) in [4.78, 5) is 7.88. The fourth-order valence-corrected chi connectivity index (χ4v) is 2.49. The van der Waals surface area contributed by atoms with Crippen LogP contribution in [-0.4, -0.2) is 18.4 Å². The fraction of sp³-hybridized carbons (Fsp3) is 0.154. The molecule has 0 aliphatic carbocycles. The largest absolute Gasteiger partial charge is 0.260 e. The summed E-state index contributed by atoms with van der Waals surface area (Å²) in [6.45, 7) is 1.97. The molecule has 0 saturated carbocycles. The third kappa shape index (κ3) is 3.17. The van der Waals surface area contributed by atoms with Crippen molar-refractivity contribution >= 4 is 10.0 Å². The Morgan fingerprint density at radius 3 is 2.70 bits per heavy atom. The summed E-state index contributed by atoms with van der Waals surface area (Å²) in [5.41, 5.74) is 1.75. The molecule has 2 rings (SSSR count). The number of nitrogens with zero attached hydrogens (tertiary/aromatic N) is 3. The molecule has 0 aromatic carbocycles. The lowest BCUT2D eigenvalue weighted by molar-refractivity contribution is 0.580. The Morgan fingerprint density at radius 2 is 2.10 bits per heavy atom. The van der Waals surface area contributed by atoms with Crippen molar-refractivity contribution in [1.29, 1.82) is 5.26 Å². The highest BCUT2D eigenvalue weighted by molar-refractivity contribution is 7.89. The van der Waals surface area contributed by atoms with E-state index in [9.17, 15) is 8.42 Å². The van der Waals surface area contributed by atoms with Gasteiger partial charge in [0.25, 0.3) is 0 Å². The van der Waals surface area contributed by atoms with Crippen molar-refractivity contribution in [1.82, 2.24) is 14.7 Å². The van der Waals surface area contributed by atoms with Crippen molar-refractivity contribution in [3.05, 3.63) is 53.6 Å². The average Bonchev–Trinajstić information content (AvgIpc) is 2.46. The zero-order chi connectivity index (χ0) is 14.6. The van der Waals surface area contributed by atoms with Crippen LogP contribution < -0.4 is 4.72 Å². The Labute approximate surface area is 117 Å². The maximum absolute atomic E-state index is 12.1. The standard InChI is InChI=1S/C13H12N4O2S/c1-10-3-2-6-15-13(10)9-17-20(18,19)12-5-4-11(7-14)16-8-12/h2-6,8,17H,9H2,1H3. The van der Waals surface area contributed by atoms with Crippen LogP contribution in [0.15, 0.2) is 41.6 Å². The topological polar surface area (TPSA) is 95.7 Å². The van der Waals surface area contributed by atoms with Gasteiger partial charge in [-0.1, -0.05) is 6.07 Å². The Hall–Kier alpha value is -2.30. The van der Waals surface area contributed by atoms with Crippen molar-refractivity contribution in [2.24, 2.45) is 0 Å². The summed E-state index contributed by atoms with van der Waals surface area (Å²) >= 11 is 0. The van der Waals surface area contributed by atoms with Gasteiger partial charge < -0.3 is 0 Å². The van der Waals surface area contributed by atoms with Gasteiger partial charge in [0.1, 0.15) is 16.7 Å². The number of hydrogen-bond acceptors (Lipinski definition) is 5. The zero-order valence-electron chi connectivity index (χ0n) is 10.7. The Balaban J connectivity index is 2.15. The van der Waals surface area contributed by atoms with E-state index in [1.54, 1.807) is 12.3 Å². The molecular weight excluding hydrogens is 276 g/mol. The first-order valence-electron chi connectivity index (χ1n) is 5.79. The van der Waals surface area contributed by atoms with Crippen molar-refractivity contribution < 1.29 is 8.42 Å².